The van der Waals surface area contributed by atoms with E-state index in [4.69, 9.17) is 18.9 Å². The lowest BCUT2D eigenvalue weighted by molar-refractivity contribution is -0.165. The van der Waals surface area contributed by atoms with Crippen LogP contribution >= 0.6 is 0 Å². The van der Waals surface area contributed by atoms with Crippen LogP contribution in [0.3, 0.4) is 0 Å². The molecule has 0 amide bonds. The maximum atomic E-state index is 14.1. The Balaban J connectivity index is 2.52. The standard InChI is InChI=1S/C43H62O8/c1-17-29(37(46)50-41(11,12)13)25(3)43(26(4)30(18-2)38(47)51-42(14,15)16)33-23-27(35(44)48-39(5,6)7)19-21-31(33)32-22-20-28(24-34(32)43)36(45)49-40(8,9)10/h19-26,29-30H,17-18H2,1-16H3. The SMILES string of the molecule is CCC(C(=O)OC(C)(C)C)C(C)C1(C(C)C(CC)C(=O)OC(C)(C)C)c2cc(C(=O)OC(C)(C)C)ccc2-c2ccc(C(=O)OC(C)(C)C)cc21. The number of fused-ring (bicyclic) bond motifs is 3. The number of esters is 4. The first-order valence-electron chi connectivity index (χ1n) is 18.4. The van der Waals surface area contributed by atoms with E-state index in [1.54, 1.807) is 12.1 Å². The lowest BCUT2D eigenvalue weighted by atomic mass is 9.55. The monoisotopic (exact) mass is 706 g/mol. The van der Waals surface area contributed by atoms with E-state index in [1.807, 2.05) is 135 Å². The third-order valence-electron chi connectivity index (χ3n) is 9.43. The average molecular weight is 707 g/mol. The Hall–Kier alpha value is -3.68. The van der Waals surface area contributed by atoms with Gasteiger partial charge in [-0.3, -0.25) is 9.59 Å². The van der Waals surface area contributed by atoms with Gasteiger partial charge in [-0.15, -0.1) is 0 Å². The van der Waals surface area contributed by atoms with Crippen LogP contribution in [0, 0.1) is 23.7 Å². The third-order valence-corrected chi connectivity index (χ3v) is 9.43. The molecule has 1 aliphatic rings. The van der Waals surface area contributed by atoms with Gasteiger partial charge in [-0.2, -0.15) is 0 Å². The van der Waals surface area contributed by atoms with Gasteiger partial charge in [0.25, 0.3) is 0 Å². The number of hydrogen-bond acceptors (Lipinski definition) is 8. The quantitative estimate of drug-likeness (QED) is 0.178. The Bertz CT molecular complexity index is 1500. The summed E-state index contributed by atoms with van der Waals surface area (Å²) in [6.07, 6.45) is 0.909. The summed E-state index contributed by atoms with van der Waals surface area (Å²) in [4.78, 5) is 55.6. The van der Waals surface area contributed by atoms with E-state index in [0.717, 1.165) is 22.3 Å². The molecule has 2 aromatic rings. The number of carbonyl (C=O) groups is 4. The molecule has 1 aliphatic carbocycles. The van der Waals surface area contributed by atoms with Gasteiger partial charge < -0.3 is 18.9 Å². The molecule has 4 atom stereocenters. The van der Waals surface area contributed by atoms with Crippen LogP contribution in [0.4, 0.5) is 0 Å². The van der Waals surface area contributed by atoms with Gasteiger partial charge in [0.1, 0.15) is 22.4 Å². The second-order valence-electron chi connectivity index (χ2n) is 18.1. The van der Waals surface area contributed by atoms with E-state index in [2.05, 4.69) is 0 Å². The van der Waals surface area contributed by atoms with Gasteiger partial charge in [-0.25, -0.2) is 9.59 Å². The van der Waals surface area contributed by atoms with Gasteiger partial charge in [0.05, 0.1) is 23.0 Å². The highest BCUT2D eigenvalue weighted by atomic mass is 16.6. The lowest BCUT2D eigenvalue weighted by Crippen LogP contribution is -2.50. The van der Waals surface area contributed by atoms with Crippen LogP contribution in [0.15, 0.2) is 36.4 Å². The summed E-state index contributed by atoms with van der Waals surface area (Å²) >= 11 is 0. The topological polar surface area (TPSA) is 105 Å². The van der Waals surface area contributed by atoms with Crippen LogP contribution in [-0.2, 0) is 34.0 Å². The van der Waals surface area contributed by atoms with Crippen molar-refractivity contribution in [1.29, 1.82) is 0 Å². The molecule has 8 nitrogen and oxygen atoms in total. The molecule has 0 N–H and O–H groups in total. The molecule has 0 bridgehead atoms. The van der Waals surface area contributed by atoms with Gasteiger partial charge in [0.15, 0.2) is 0 Å². The van der Waals surface area contributed by atoms with Crippen molar-refractivity contribution in [2.24, 2.45) is 23.7 Å². The van der Waals surface area contributed by atoms with Crippen LogP contribution in [0.1, 0.15) is 155 Å². The fourth-order valence-corrected chi connectivity index (χ4v) is 7.55. The molecular weight excluding hydrogens is 644 g/mol. The molecule has 4 unspecified atom stereocenters. The summed E-state index contributed by atoms with van der Waals surface area (Å²) in [5, 5.41) is 0. The lowest BCUT2D eigenvalue weighted by Gasteiger charge is -2.48. The molecule has 0 aliphatic heterocycles. The summed E-state index contributed by atoms with van der Waals surface area (Å²) in [6, 6.07) is 11.0. The molecule has 0 aromatic heterocycles. The number of carbonyl (C=O) groups excluding carboxylic acids is 4. The van der Waals surface area contributed by atoms with Gasteiger partial charge in [0, 0.05) is 5.41 Å². The first-order chi connectivity index (χ1) is 23.2. The Kier molecular flexibility index (Phi) is 12.1. The van der Waals surface area contributed by atoms with E-state index in [-0.39, 0.29) is 11.9 Å². The molecule has 0 heterocycles. The highest BCUT2D eigenvalue weighted by Gasteiger charge is 2.57. The fourth-order valence-electron chi connectivity index (χ4n) is 7.55. The summed E-state index contributed by atoms with van der Waals surface area (Å²) in [7, 11) is 0. The normalized spacial score (nSPS) is 16.5. The molecule has 0 saturated carbocycles. The van der Waals surface area contributed by atoms with Crippen LogP contribution in [-0.4, -0.2) is 46.3 Å². The first kappa shape index (κ1) is 41.7. The van der Waals surface area contributed by atoms with Gasteiger partial charge >= 0.3 is 23.9 Å². The molecule has 0 radical (unpaired) electrons. The van der Waals surface area contributed by atoms with Gasteiger partial charge in [0.2, 0.25) is 0 Å². The minimum Gasteiger partial charge on any atom is -0.460 e. The fraction of sp³-hybridized carbons (Fsp3) is 0.628. The molecule has 3 rings (SSSR count). The number of benzene rings is 2. The van der Waals surface area contributed by atoms with E-state index >= 15 is 0 Å². The van der Waals surface area contributed by atoms with Crippen molar-refractivity contribution in [1.82, 2.24) is 0 Å². The van der Waals surface area contributed by atoms with Crippen molar-refractivity contribution in [3.05, 3.63) is 58.7 Å². The van der Waals surface area contributed by atoms with Crippen LogP contribution in [0.5, 0.6) is 0 Å². The number of hydrogen-bond donors (Lipinski definition) is 0. The Morgan fingerprint density at radius 3 is 1.08 bits per heavy atom. The van der Waals surface area contributed by atoms with E-state index < -0.39 is 63.4 Å². The average Bonchev–Trinajstić information content (AvgIpc) is 3.24. The zero-order valence-corrected chi connectivity index (χ0v) is 34.0. The van der Waals surface area contributed by atoms with Crippen molar-refractivity contribution in [2.45, 2.75) is 151 Å². The zero-order chi connectivity index (χ0) is 39.1. The maximum absolute atomic E-state index is 14.1. The highest BCUT2D eigenvalue weighted by molar-refractivity contribution is 5.95. The summed E-state index contributed by atoms with van der Waals surface area (Å²) in [6.45, 7) is 29.9. The summed E-state index contributed by atoms with van der Waals surface area (Å²) in [5.41, 5.74) is -0.0236. The molecular formula is C43H62O8. The van der Waals surface area contributed by atoms with E-state index in [1.165, 1.54) is 0 Å². The van der Waals surface area contributed by atoms with Gasteiger partial charge in [-0.05, 0) is 154 Å². The predicted octanol–water partition coefficient (Wildman–Crippen LogP) is 9.87. The Morgan fingerprint density at radius 1 is 0.529 bits per heavy atom. The minimum absolute atomic E-state index is 0.350. The largest absolute Gasteiger partial charge is 0.460 e. The van der Waals surface area contributed by atoms with Crippen LogP contribution in [0.2, 0.25) is 0 Å². The predicted molar refractivity (Wildman–Crippen MR) is 201 cm³/mol. The minimum atomic E-state index is -1.07. The second kappa shape index (κ2) is 14.7. The number of ether oxygens (including phenoxy) is 4. The Labute approximate surface area is 306 Å². The smallest absolute Gasteiger partial charge is 0.338 e. The molecule has 0 fully saturated rings. The molecule has 51 heavy (non-hydrogen) atoms. The van der Waals surface area contributed by atoms with Crippen molar-refractivity contribution in [3.8, 4) is 11.1 Å². The maximum Gasteiger partial charge on any atom is 0.338 e. The molecule has 282 valence electrons. The summed E-state index contributed by atoms with van der Waals surface area (Å²) < 4.78 is 23.7. The summed E-state index contributed by atoms with van der Waals surface area (Å²) in [5.74, 6) is -3.86. The highest BCUT2D eigenvalue weighted by Crippen LogP contribution is 2.61. The van der Waals surface area contributed by atoms with E-state index in [0.29, 0.717) is 24.0 Å². The third kappa shape index (κ3) is 9.41. The molecule has 0 spiro atoms. The molecule has 8 heteroatoms. The van der Waals surface area contributed by atoms with Crippen molar-refractivity contribution in [2.75, 3.05) is 0 Å². The van der Waals surface area contributed by atoms with Crippen molar-refractivity contribution >= 4 is 23.9 Å². The molecule has 2 aromatic carbocycles. The van der Waals surface area contributed by atoms with E-state index in [9.17, 15) is 19.2 Å². The van der Waals surface area contributed by atoms with Crippen molar-refractivity contribution < 1.29 is 38.1 Å². The Morgan fingerprint density at radius 2 is 0.824 bits per heavy atom. The molecule has 0 saturated heterocycles. The van der Waals surface area contributed by atoms with Crippen LogP contribution in [0.25, 0.3) is 11.1 Å². The van der Waals surface area contributed by atoms with Gasteiger partial charge in [-0.1, -0.05) is 39.8 Å². The zero-order valence-electron chi connectivity index (χ0n) is 34.0. The second-order valence-corrected chi connectivity index (χ2v) is 18.1. The van der Waals surface area contributed by atoms with Crippen molar-refractivity contribution in [3.63, 3.8) is 0 Å². The van der Waals surface area contributed by atoms with Crippen LogP contribution < -0.4 is 0 Å². The first-order valence-corrected chi connectivity index (χ1v) is 18.4. The number of rotatable bonds is 10.